The molecule has 0 radical (unpaired) electrons. The SMILES string of the molecule is CCn1c2ccccc2c2cc(NC(=O)C(C)N3CCN(CC(=O)Nc4ccc(C)cc4)CC3)ccc21. The van der Waals surface area contributed by atoms with Gasteiger partial charge in [0.15, 0.2) is 0 Å². The normalized spacial score (nSPS) is 15.6. The van der Waals surface area contributed by atoms with Crippen LogP contribution in [0.3, 0.4) is 0 Å². The van der Waals surface area contributed by atoms with Crippen LogP contribution in [0.2, 0.25) is 0 Å². The molecule has 1 aliphatic heterocycles. The van der Waals surface area contributed by atoms with Gasteiger partial charge in [0.05, 0.1) is 12.6 Å². The van der Waals surface area contributed by atoms with Crippen LogP contribution in [-0.2, 0) is 16.1 Å². The Labute approximate surface area is 218 Å². The molecule has 3 aromatic carbocycles. The van der Waals surface area contributed by atoms with E-state index in [9.17, 15) is 9.59 Å². The lowest BCUT2D eigenvalue weighted by Gasteiger charge is -2.37. The van der Waals surface area contributed by atoms with E-state index in [-0.39, 0.29) is 17.9 Å². The monoisotopic (exact) mass is 497 g/mol. The molecule has 1 fully saturated rings. The van der Waals surface area contributed by atoms with Gasteiger partial charge in [0, 0.05) is 65.9 Å². The first-order valence-electron chi connectivity index (χ1n) is 13.1. The molecule has 0 saturated carbocycles. The molecule has 4 aromatic rings. The van der Waals surface area contributed by atoms with Crippen LogP contribution in [0, 0.1) is 6.92 Å². The molecular formula is C30H35N5O2. The fourth-order valence-electron chi connectivity index (χ4n) is 5.23. The number of nitrogens with one attached hydrogen (secondary N) is 2. The molecule has 7 heteroatoms. The van der Waals surface area contributed by atoms with E-state index in [1.807, 2.05) is 44.2 Å². The summed E-state index contributed by atoms with van der Waals surface area (Å²) in [5, 5.41) is 8.45. The minimum atomic E-state index is -0.254. The maximum atomic E-state index is 13.1. The van der Waals surface area contributed by atoms with Gasteiger partial charge >= 0.3 is 0 Å². The highest BCUT2D eigenvalue weighted by molar-refractivity contribution is 6.10. The third-order valence-electron chi connectivity index (χ3n) is 7.39. The number of amides is 2. The van der Waals surface area contributed by atoms with Crippen molar-refractivity contribution < 1.29 is 9.59 Å². The summed E-state index contributed by atoms with van der Waals surface area (Å²) in [5.41, 5.74) is 5.18. The van der Waals surface area contributed by atoms with Crippen molar-refractivity contribution in [3.05, 3.63) is 72.3 Å². The number of anilines is 2. The van der Waals surface area contributed by atoms with Crippen LogP contribution in [-0.4, -0.2) is 64.9 Å². The number of aromatic nitrogens is 1. The zero-order valence-corrected chi connectivity index (χ0v) is 21.8. The van der Waals surface area contributed by atoms with Crippen LogP contribution < -0.4 is 10.6 Å². The number of benzene rings is 3. The first kappa shape index (κ1) is 25.0. The number of aryl methyl sites for hydroxylation is 2. The average molecular weight is 498 g/mol. The molecule has 2 heterocycles. The molecule has 0 spiro atoms. The second kappa shape index (κ2) is 10.7. The minimum absolute atomic E-state index is 0.0101. The lowest BCUT2D eigenvalue weighted by molar-refractivity contribution is -0.122. The van der Waals surface area contributed by atoms with Crippen molar-refractivity contribution in [2.75, 3.05) is 43.4 Å². The molecule has 1 saturated heterocycles. The van der Waals surface area contributed by atoms with Gasteiger partial charge in [0.2, 0.25) is 11.8 Å². The third kappa shape index (κ3) is 5.38. The molecule has 1 aliphatic rings. The maximum Gasteiger partial charge on any atom is 0.241 e. The third-order valence-corrected chi connectivity index (χ3v) is 7.39. The standard InChI is InChI=1S/C30H35N5O2/c1-4-35-27-8-6-5-7-25(27)26-19-24(13-14-28(26)35)32-30(37)22(3)34-17-15-33(16-18-34)20-29(36)31-23-11-9-21(2)10-12-23/h5-14,19,22H,4,15-18,20H2,1-3H3,(H,31,36)(H,32,37). The molecule has 0 bridgehead atoms. The van der Waals surface area contributed by atoms with Crippen LogP contribution in [0.4, 0.5) is 11.4 Å². The Morgan fingerprint density at radius 1 is 0.838 bits per heavy atom. The number of carbonyl (C=O) groups excluding carboxylic acids is 2. The number of para-hydroxylation sites is 1. The Bertz CT molecular complexity index is 1420. The molecular weight excluding hydrogens is 462 g/mol. The van der Waals surface area contributed by atoms with Crippen LogP contribution in [0.5, 0.6) is 0 Å². The molecule has 1 atom stereocenters. The van der Waals surface area contributed by atoms with Gasteiger partial charge in [-0.15, -0.1) is 0 Å². The van der Waals surface area contributed by atoms with Crippen LogP contribution in [0.1, 0.15) is 19.4 Å². The second-order valence-corrected chi connectivity index (χ2v) is 9.88. The summed E-state index contributed by atoms with van der Waals surface area (Å²) in [7, 11) is 0. The van der Waals surface area contributed by atoms with Crippen LogP contribution in [0.25, 0.3) is 21.8 Å². The number of fused-ring (bicyclic) bond motifs is 3. The van der Waals surface area contributed by atoms with Gasteiger partial charge in [0.25, 0.3) is 0 Å². The molecule has 2 amide bonds. The lowest BCUT2D eigenvalue weighted by atomic mass is 10.1. The van der Waals surface area contributed by atoms with Gasteiger partial charge in [-0.2, -0.15) is 0 Å². The largest absolute Gasteiger partial charge is 0.341 e. The fraction of sp³-hybridized carbons (Fsp3) is 0.333. The van der Waals surface area contributed by atoms with E-state index >= 15 is 0 Å². The summed E-state index contributed by atoms with van der Waals surface area (Å²) >= 11 is 0. The van der Waals surface area contributed by atoms with E-state index in [2.05, 4.69) is 68.3 Å². The Morgan fingerprint density at radius 3 is 2.24 bits per heavy atom. The van der Waals surface area contributed by atoms with E-state index in [0.29, 0.717) is 6.54 Å². The van der Waals surface area contributed by atoms with Crippen molar-refractivity contribution in [3.8, 4) is 0 Å². The van der Waals surface area contributed by atoms with Crippen LogP contribution in [0.15, 0.2) is 66.7 Å². The highest BCUT2D eigenvalue weighted by Crippen LogP contribution is 2.31. The summed E-state index contributed by atoms with van der Waals surface area (Å²) in [6.07, 6.45) is 0. The molecule has 0 aliphatic carbocycles. The topological polar surface area (TPSA) is 69.6 Å². The van der Waals surface area contributed by atoms with Gasteiger partial charge in [-0.3, -0.25) is 19.4 Å². The van der Waals surface area contributed by atoms with Crippen molar-refractivity contribution in [3.63, 3.8) is 0 Å². The summed E-state index contributed by atoms with van der Waals surface area (Å²) in [4.78, 5) is 29.9. The number of hydrogen-bond donors (Lipinski definition) is 2. The van der Waals surface area contributed by atoms with E-state index in [0.717, 1.165) is 55.0 Å². The van der Waals surface area contributed by atoms with E-state index < -0.39 is 0 Å². The average Bonchev–Trinajstić information content (AvgIpc) is 3.23. The fourth-order valence-corrected chi connectivity index (χ4v) is 5.23. The summed E-state index contributed by atoms with van der Waals surface area (Å²) in [5.74, 6) is -0.0212. The van der Waals surface area contributed by atoms with Gasteiger partial charge in [-0.05, 0) is 57.2 Å². The van der Waals surface area contributed by atoms with Gasteiger partial charge in [0.1, 0.15) is 0 Å². The maximum absolute atomic E-state index is 13.1. The number of hydrogen-bond acceptors (Lipinski definition) is 4. The summed E-state index contributed by atoms with van der Waals surface area (Å²) in [6.45, 7) is 10.4. The zero-order valence-electron chi connectivity index (χ0n) is 21.8. The van der Waals surface area contributed by atoms with Crippen molar-refractivity contribution in [1.29, 1.82) is 0 Å². The zero-order chi connectivity index (χ0) is 25.9. The molecule has 37 heavy (non-hydrogen) atoms. The Kier molecular flexibility index (Phi) is 7.26. The number of nitrogens with zero attached hydrogens (tertiary/aromatic N) is 3. The molecule has 2 N–H and O–H groups in total. The molecule has 192 valence electrons. The predicted octanol–water partition coefficient (Wildman–Crippen LogP) is 4.71. The predicted molar refractivity (Wildman–Crippen MR) is 151 cm³/mol. The molecule has 1 aromatic heterocycles. The first-order valence-corrected chi connectivity index (χ1v) is 13.1. The van der Waals surface area contributed by atoms with Crippen molar-refractivity contribution in [2.45, 2.75) is 33.4 Å². The highest BCUT2D eigenvalue weighted by Gasteiger charge is 2.26. The lowest BCUT2D eigenvalue weighted by Crippen LogP contribution is -2.53. The molecule has 7 nitrogen and oxygen atoms in total. The van der Waals surface area contributed by atoms with Gasteiger partial charge < -0.3 is 15.2 Å². The van der Waals surface area contributed by atoms with Crippen molar-refractivity contribution in [2.24, 2.45) is 0 Å². The number of rotatable bonds is 7. The quantitative estimate of drug-likeness (QED) is 0.388. The van der Waals surface area contributed by atoms with Crippen LogP contribution >= 0.6 is 0 Å². The van der Waals surface area contributed by atoms with E-state index in [4.69, 9.17) is 0 Å². The molecule has 5 rings (SSSR count). The number of carbonyl (C=O) groups is 2. The summed E-state index contributed by atoms with van der Waals surface area (Å²) < 4.78 is 2.30. The Hall–Kier alpha value is -3.68. The smallest absolute Gasteiger partial charge is 0.241 e. The van der Waals surface area contributed by atoms with Crippen molar-refractivity contribution >= 4 is 45.0 Å². The first-order chi connectivity index (χ1) is 17.9. The van der Waals surface area contributed by atoms with Crippen molar-refractivity contribution in [1.82, 2.24) is 14.4 Å². The van der Waals surface area contributed by atoms with Gasteiger partial charge in [-0.1, -0.05) is 35.9 Å². The Balaban J connectivity index is 1.16. The Morgan fingerprint density at radius 2 is 1.51 bits per heavy atom. The van der Waals surface area contributed by atoms with E-state index in [1.54, 1.807) is 0 Å². The minimum Gasteiger partial charge on any atom is -0.341 e. The van der Waals surface area contributed by atoms with Gasteiger partial charge in [-0.25, -0.2) is 0 Å². The van der Waals surface area contributed by atoms with E-state index in [1.165, 1.54) is 16.4 Å². The highest BCUT2D eigenvalue weighted by atomic mass is 16.2. The summed E-state index contributed by atoms with van der Waals surface area (Å²) in [6, 6.07) is 22.1. The number of piperazine rings is 1. The molecule has 1 unspecified atom stereocenters. The second-order valence-electron chi connectivity index (χ2n) is 9.88.